The fourth-order valence-electron chi connectivity index (χ4n) is 3.10. The standard InChI is InChI=1S/C15H21FN2O2.2ClH/c1-20-13-9-11(16)8-12(15(13)19)14(10-2-3-10)18-6-4-17-5-7-18;;/h8-10,14,17,19H,2-7H2,1H3;2*1H/t14-;;/m0../s1. The molecule has 4 nitrogen and oxygen atoms in total. The fraction of sp³-hybridized carbons (Fsp3) is 0.600. The summed E-state index contributed by atoms with van der Waals surface area (Å²) in [6.45, 7) is 3.74. The van der Waals surface area contributed by atoms with Crippen molar-refractivity contribution in [3.05, 3.63) is 23.5 Å². The molecule has 1 heterocycles. The summed E-state index contributed by atoms with van der Waals surface area (Å²) in [6, 6.07) is 2.80. The molecule has 1 atom stereocenters. The number of aromatic hydroxyl groups is 1. The average molecular weight is 353 g/mol. The second-order valence-electron chi connectivity index (χ2n) is 5.61. The Balaban J connectivity index is 0.00000121. The largest absolute Gasteiger partial charge is 0.504 e. The Kier molecular flexibility index (Phi) is 7.19. The van der Waals surface area contributed by atoms with Crippen molar-refractivity contribution < 1.29 is 14.2 Å². The van der Waals surface area contributed by atoms with E-state index < -0.39 is 0 Å². The molecule has 1 saturated carbocycles. The molecule has 0 unspecified atom stereocenters. The highest BCUT2D eigenvalue weighted by Crippen LogP contribution is 2.48. The molecule has 0 spiro atoms. The molecule has 1 aromatic carbocycles. The number of hydrogen-bond acceptors (Lipinski definition) is 4. The summed E-state index contributed by atoms with van der Waals surface area (Å²) >= 11 is 0. The molecule has 0 aromatic heterocycles. The van der Waals surface area contributed by atoms with Crippen LogP contribution in [0.5, 0.6) is 11.5 Å². The van der Waals surface area contributed by atoms with Crippen LogP contribution in [0.4, 0.5) is 4.39 Å². The zero-order valence-electron chi connectivity index (χ0n) is 12.5. The highest BCUT2D eigenvalue weighted by molar-refractivity contribution is 5.85. The van der Waals surface area contributed by atoms with Gasteiger partial charge in [-0.2, -0.15) is 0 Å². The molecule has 2 N–H and O–H groups in total. The maximum atomic E-state index is 13.8. The van der Waals surface area contributed by atoms with E-state index in [0.29, 0.717) is 11.5 Å². The number of hydrogen-bond donors (Lipinski definition) is 2. The summed E-state index contributed by atoms with van der Waals surface area (Å²) in [4.78, 5) is 2.35. The number of phenols is 1. The first-order valence-corrected chi connectivity index (χ1v) is 7.22. The predicted molar refractivity (Wildman–Crippen MR) is 89.0 cm³/mol. The lowest BCUT2D eigenvalue weighted by atomic mass is 9.98. The third-order valence-corrected chi connectivity index (χ3v) is 4.22. The van der Waals surface area contributed by atoms with Gasteiger partial charge in [-0.1, -0.05) is 0 Å². The quantitative estimate of drug-likeness (QED) is 0.874. The van der Waals surface area contributed by atoms with Gasteiger partial charge in [-0.15, -0.1) is 24.8 Å². The van der Waals surface area contributed by atoms with Crippen molar-refractivity contribution in [2.45, 2.75) is 18.9 Å². The third-order valence-electron chi connectivity index (χ3n) is 4.22. The molecule has 0 radical (unpaired) electrons. The summed E-state index contributed by atoms with van der Waals surface area (Å²) in [5.74, 6) is 0.478. The van der Waals surface area contributed by atoms with Crippen LogP contribution in [0.15, 0.2) is 12.1 Å². The van der Waals surface area contributed by atoms with Crippen molar-refractivity contribution >= 4 is 24.8 Å². The Morgan fingerprint density at radius 1 is 1.27 bits per heavy atom. The van der Waals surface area contributed by atoms with Crippen LogP contribution in [0, 0.1) is 11.7 Å². The minimum absolute atomic E-state index is 0. The van der Waals surface area contributed by atoms with Gasteiger partial charge in [0.05, 0.1) is 7.11 Å². The lowest BCUT2D eigenvalue weighted by molar-refractivity contribution is 0.153. The summed E-state index contributed by atoms with van der Waals surface area (Å²) in [7, 11) is 1.45. The van der Waals surface area contributed by atoms with Crippen LogP contribution >= 0.6 is 24.8 Å². The molecule has 2 fully saturated rings. The van der Waals surface area contributed by atoms with Crippen LogP contribution in [-0.2, 0) is 0 Å². The Hall–Kier alpha value is -0.750. The van der Waals surface area contributed by atoms with Gasteiger partial charge in [-0.3, -0.25) is 4.90 Å². The smallest absolute Gasteiger partial charge is 0.163 e. The molecular formula is C15H23Cl2FN2O2. The summed E-state index contributed by atoms with van der Waals surface area (Å²) in [5, 5.41) is 13.7. The summed E-state index contributed by atoms with van der Waals surface area (Å²) in [5.41, 5.74) is 0.672. The van der Waals surface area contributed by atoms with Crippen LogP contribution in [-0.4, -0.2) is 43.3 Å². The molecule has 0 bridgehead atoms. The molecule has 1 aromatic rings. The predicted octanol–water partition coefficient (Wildman–Crippen LogP) is 2.74. The Bertz CT molecular complexity index is 495. The number of benzene rings is 1. The first kappa shape index (κ1) is 19.3. The van der Waals surface area contributed by atoms with E-state index in [4.69, 9.17) is 4.74 Å². The second kappa shape index (κ2) is 8.20. The van der Waals surface area contributed by atoms with Gasteiger partial charge in [0.15, 0.2) is 11.5 Å². The van der Waals surface area contributed by atoms with Crippen molar-refractivity contribution in [2.75, 3.05) is 33.3 Å². The third kappa shape index (κ3) is 3.96. The number of phenolic OH excluding ortho intramolecular Hbond substituents is 1. The topological polar surface area (TPSA) is 44.7 Å². The lowest BCUT2D eigenvalue weighted by Gasteiger charge is -2.35. The van der Waals surface area contributed by atoms with E-state index in [1.165, 1.54) is 19.2 Å². The zero-order valence-corrected chi connectivity index (χ0v) is 14.2. The Morgan fingerprint density at radius 2 is 1.91 bits per heavy atom. The van der Waals surface area contributed by atoms with Gasteiger partial charge in [-0.25, -0.2) is 4.39 Å². The van der Waals surface area contributed by atoms with E-state index in [9.17, 15) is 9.50 Å². The maximum Gasteiger partial charge on any atom is 0.163 e. The number of piperazine rings is 1. The van der Waals surface area contributed by atoms with E-state index in [1.54, 1.807) is 0 Å². The van der Waals surface area contributed by atoms with Gasteiger partial charge in [0.1, 0.15) is 5.82 Å². The molecule has 0 amide bonds. The molecule has 7 heteroatoms. The first-order chi connectivity index (χ1) is 9.70. The van der Waals surface area contributed by atoms with Crippen molar-refractivity contribution in [3.63, 3.8) is 0 Å². The number of ether oxygens (including phenoxy) is 1. The fourth-order valence-corrected chi connectivity index (χ4v) is 3.10. The molecule has 2 aliphatic rings. The van der Waals surface area contributed by atoms with Gasteiger partial charge >= 0.3 is 0 Å². The van der Waals surface area contributed by atoms with Gasteiger partial charge in [0, 0.05) is 43.9 Å². The van der Waals surface area contributed by atoms with Gasteiger partial charge in [0.25, 0.3) is 0 Å². The molecule has 126 valence electrons. The lowest BCUT2D eigenvalue weighted by Crippen LogP contribution is -2.45. The molecule has 22 heavy (non-hydrogen) atoms. The van der Waals surface area contributed by atoms with Crippen LogP contribution in [0.3, 0.4) is 0 Å². The van der Waals surface area contributed by atoms with E-state index in [1.807, 2.05) is 0 Å². The van der Waals surface area contributed by atoms with E-state index in [0.717, 1.165) is 39.0 Å². The van der Waals surface area contributed by atoms with E-state index in [2.05, 4.69) is 10.2 Å². The van der Waals surface area contributed by atoms with Crippen LogP contribution in [0.1, 0.15) is 24.4 Å². The minimum Gasteiger partial charge on any atom is -0.504 e. The monoisotopic (exact) mass is 352 g/mol. The first-order valence-electron chi connectivity index (χ1n) is 7.22. The van der Waals surface area contributed by atoms with E-state index in [-0.39, 0.29) is 48.2 Å². The maximum absolute atomic E-state index is 13.8. The number of nitrogens with zero attached hydrogens (tertiary/aromatic N) is 1. The van der Waals surface area contributed by atoms with Gasteiger partial charge in [0.2, 0.25) is 0 Å². The van der Waals surface area contributed by atoms with Crippen molar-refractivity contribution in [3.8, 4) is 11.5 Å². The number of halogens is 3. The molecule has 1 aliphatic heterocycles. The van der Waals surface area contributed by atoms with Gasteiger partial charge < -0.3 is 15.2 Å². The minimum atomic E-state index is -0.351. The highest BCUT2D eigenvalue weighted by Gasteiger charge is 2.38. The molecule has 3 rings (SSSR count). The SMILES string of the molecule is COc1cc(F)cc([C@H](C2CC2)N2CCNCC2)c1O.Cl.Cl. The van der Waals surface area contributed by atoms with E-state index >= 15 is 0 Å². The number of methoxy groups -OCH3 is 1. The zero-order chi connectivity index (χ0) is 14.1. The second-order valence-corrected chi connectivity index (χ2v) is 5.61. The van der Waals surface area contributed by atoms with Crippen LogP contribution in [0.25, 0.3) is 0 Å². The molecular weight excluding hydrogens is 330 g/mol. The van der Waals surface area contributed by atoms with Crippen molar-refractivity contribution in [2.24, 2.45) is 5.92 Å². The van der Waals surface area contributed by atoms with Gasteiger partial charge in [-0.05, 0) is 24.8 Å². The summed E-state index contributed by atoms with van der Waals surface area (Å²) < 4.78 is 18.9. The summed E-state index contributed by atoms with van der Waals surface area (Å²) in [6.07, 6.45) is 2.29. The number of nitrogens with one attached hydrogen (secondary N) is 1. The number of rotatable bonds is 4. The Morgan fingerprint density at radius 3 is 2.45 bits per heavy atom. The van der Waals surface area contributed by atoms with Crippen LogP contribution < -0.4 is 10.1 Å². The van der Waals surface area contributed by atoms with Crippen molar-refractivity contribution in [1.82, 2.24) is 10.2 Å². The normalized spacial score (nSPS) is 19.7. The average Bonchev–Trinajstić information content (AvgIpc) is 3.28. The molecule has 1 aliphatic carbocycles. The van der Waals surface area contributed by atoms with Crippen molar-refractivity contribution in [1.29, 1.82) is 0 Å². The Labute approximate surface area is 142 Å². The van der Waals surface area contributed by atoms with Crippen LogP contribution in [0.2, 0.25) is 0 Å². The highest BCUT2D eigenvalue weighted by atomic mass is 35.5. The molecule has 1 saturated heterocycles.